The van der Waals surface area contributed by atoms with Crippen LogP contribution < -0.4 is 15.0 Å². The quantitative estimate of drug-likeness (QED) is 0.867. The second-order valence-corrected chi connectivity index (χ2v) is 5.25. The van der Waals surface area contributed by atoms with Crippen molar-refractivity contribution in [3.63, 3.8) is 0 Å². The minimum absolute atomic E-state index is 0.462. The normalized spacial score (nSPS) is 27.1. The smallest absolute Gasteiger partial charge is 0.234 e. The maximum absolute atomic E-state index is 5.41. The van der Waals surface area contributed by atoms with Crippen molar-refractivity contribution in [3.05, 3.63) is 12.4 Å². The molecule has 0 bridgehead atoms. The Balaban J connectivity index is 1.73. The van der Waals surface area contributed by atoms with Gasteiger partial charge in [0.25, 0.3) is 0 Å². The van der Waals surface area contributed by atoms with Gasteiger partial charge in [-0.15, -0.1) is 0 Å². The lowest BCUT2D eigenvalue weighted by Crippen LogP contribution is -2.29. The third-order valence-corrected chi connectivity index (χ3v) is 3.99. The van der Waals surface area contributed by atoms with Gasteiger partial charge in [-0.3, -0.25) is 4.98 Å². The molecule has 1 atom stereocenters. The lowest BCUT2D eigenvalue weighted by Gasteiger charge is -2.23. The summed E-state index contributed by atoms with van der Waals surface area (Å²) in [7, 11) is 0. The Morgan fingerprint density at radius 2 is 2.39 bits per heavy atom. The zero-order valence-corrected chi connectivity index (χ0v) is 10.9. The molecule has 0 radical (unpaired) electrons. The number of hydrogen-bond acceptors (Lipinski definition) is 5. The van der Waals surface area contributed by atoms with E-state index in [1.54, 1.807) is 6.20 Å². The maximum atomic E-state index is 5.41. The van der Waals surface area contributed by atoms with Crippen molar-refractivity contribution >= 4 is 5.82 Å². The van der Waals surface area contributed by atoms with Gasteiger partial charge in [0, 0.05) is 25.0 Å². The third kappa shape index (κ3) is 2.14. The molecule has 0 saturated carbocycles. The summed E-state index contributed by atoms with van der Waals surface area (Å²) in [5.41, 5.74) is 0.462. The summed E-state index contributed by atoms with van der Waals surface area (Å²) in [5, 5.41) is 3.47. The number of aromatic nitrogens is 2. The second-order valence-electron chi connectivity index (χ2n) is 5.25. The highest BCUT2D eigenvalue weighted by molar-refractivity contribution is 5.40. The monoisotopic (exact) mass is 248 g/mol. The molecule has 1 aromatic heterocycles. The SMILES string of the molecule is CCOc1cncc(N2CCC3(CCNC3)C2)n1. The number of hydrogen-bond donors (Lipinski definition) is 1. The predicted molar refractivity (Wildman–Crippen MR) is 70.0 cm³/mol. The highest BCUT2D eigenvalue weighted by Crippen LogP contribution is 2.37. The highest BCUT2D eigenvalue weighted by Gasteiger charge is 2.40. The van der Waals surface area contributed by atoms with Crippen LogP contribution >= 0.6 is 0 Å². The van der Waals surface area contributed by atoms with Crippen LogP contribution in [0.2, 0.25) is 0 Å². The summed E-state index contributed by atoms with van der Waals surface area (Å²) in [5.74, 6) is 1.57. The standard InChI is InChI=1S/C13H20N4O/c1-2-18-12-8-15-7-11(16-12)17-6-4-13(10-17)3-5-14-9-13/h7-8,14H,2-6,9-10H2,1H3. The summed E-state index contributed by atoms with van der Waals surface area (Å²) >= 11 is 0. The first-order valence-corrected chi connectivity index (χ1v) is 6.72. The molecule has 98 valence electrons. The molecular formula is C13H20N4O. The molecule has 1 unspecified atom stereocenters. The Labute approximate surface area is 108 Å². The molecule has 1 aromatic rings. The van der Waals surface area contributed by atoms with Gasteiger partial charge in [-0.2, -0.15) is 4.98 Å². The van der Waals surface area contributed by atoms with Crippen LogP contribution in [0.15, 0.2) is 12.4 Å². The Morgan fingerprint density at radius 1 is 1.44 bits per heavy atom. The lowest BCUT2D eigenvalue weighted by molar-refractivity contribution is 0.325. The topological polar surface area (TPSA) is 50.3 Å². The Morgan fingerprint density at radius 3 is 3.17 bits per heavy atom. The van der Waals surface area contributed by atoms with Crippen molar-refractivity contribution in [2.75, 3.05) is 37.7 Å². The minimum Gasteiger partial charge on any atom is -0.477 e. The van der Waals surface area contributed by atoms with Gasteiger partial charge in [-0.05, 0) is 26.3 Å². The minimum atomic E-state index is 0.462. The van der Waals surface area contributed by atoms with Crippen LogP contribution in [0.3, 0.4) is 0 Å². The van der Waals surface area contributed by atoms with Gasteiger partial charge < -0.3 is 15.0 Å². The van der Waals surface area contributed by atoms with Gasteiger partial charge >= 0.3 is 0 Å². The van der Waals surface area contributed by atoms with E-state index in [4.69, 9.17) is 4.74 Å². The lowest BCUT2D eigenvalue weighted by atomic mass is 9.87. The van der Waals surface area contributed by atoms with E-state index in [0.29, 0.717) is 17.9 Å². The Kier molecular flexibility index (Phi) is 3.07. The average Bonchev–Trinajstić information content (AvgIpc) is 3.01. The zero-order chi connectivity index (χ0) is 12.4. The van der Waals surface area contributed by atoms with E-state index >= 15 is 0 Å². The van der Waals surface area contributed by atoms with Crippen molar-refractivity contribution in [1.82, 2.24) is 15.3 Å². The van der Waals surface area contributed by atoms with Crippen LogP contribution in [0.25, 0.3) is 0 Å². The van der Waals surface area contributed by atoms with E-state index in [1.165, 1.54) is 12.8 Å². The van der Waals surface area contributed by atoms with Gasteiger partial charge in [0.1, 0.15) is 0 Å². The van der Waals surface area contributed by atoms with Crippen molar-refractivity contribution in [2.45, 2.75) is 19.8 Å². The van der Waals surface area contributed by atoms with E-state index in [9.17, 15) is 0 Å². The first-order chi connectivity index (χ1) is 8.81. The van der Waals surface area contributed by atoms with Crippen LogP contribution in [-0.4, -0.2) is 42.8 Å². The molecule has 0 aromatic carbocycles. The highest BCUT2D eigenvalue weighted by atomic mass is 16.5. The first-order valence-electron chi connectivity index (χ1n) is 6.72. The van der Waals surface area contributed by atoms with Crippen LogP contribution in [0, 0.1) is 5.41 Å². The molecule has 2 saturated heterocycles. The Bertz CT molecular complexity index is 417. The maximum Gasteiger partial charge on any atom is 0.234 e. The molecule has 5 nitrogen and oxygen atoms in total. The summed E-state index contributed by atoms with van der Waals surface area (Å²) < 4.78 is 5.41. The van der Waals surface area contributed by atoms with Crippen LogP contribution in [0.5, 0.6) is 5.88 Å². The molecule has 0 aliphatic carbocycles. The first kappa shape index (κ1) is 11.7. The molecule has 18 heavy (non-hydrogen) atoms. The summed E-state index contributed by atoms with van der Waals surface area (Å²) in [6.07, 6.45) is 6.04. The van der Waals surface area contributed by atoms with E-state index in [1.807, 2.05) is 13.1 Å². The summed E-state index contributed by atoms with van der Waals surface area (Å²) in [6.45, 7) is 7.05. The number of anilines is 1. The second kappa shape index (κ2) is 4.72. The Hall–Kier alpha value is -1.36. The average molecular weight is 248 g/mol. The van der Waals surface area contributed by atoms with Crippen molar-refractivity contribution in [2.24, 2.45) is 5.41 Å². The van der Waals surface area contributed by atoms with Crippen molar-refractivity contribution < 1.29 is 4.74 Å². The number of ether oxygens (including phenoxy) is 1. The molecule has 1 spiro atoms. The van der Waals surface area contributed by atoms with Gasteiger partial charge in [0.2, 0.25) is 5.88 Å². The molecule has 2 fully saturated rings. The number of rotatable bonds is 3. The van der Waals surface area contributed by atoms with Gasteiger partial charge in [-0.1, -0.05) is 0 Å². The molecule has 3 rings (SSSR count). The predicted octanol–water partition coefficient (Wildman–Crippen LogP) is 1.07. The van der Waals surface area contributed by atoms with Crippen LogP contribution in [-0.2, 0) is 0 Å². The third-order valence-electron chi connectivity index (χ3n) is 3.99. The van der Waals surface area contributed by atoms with Crippen molar-refractivity contribution in [3.8, 4) is 5.88 Å². The fourth-order valence-corrected chi connectivity index (χ4v) is 2.98. The molecule has 2 aliphatic heterocycles. The molecule has 3 heterocycles. The number of nitrogens with zero attached hydrogens (tertiary/aromatic N) is 3. The van der Waals surface area contributed by atoms with Gasteiger partial charge in [-0.25, -0.2) is 0 Å². The van der Waals surface area contributed by atoms with Crippen LogP contribution in [0.4, 0.5) is 5.82 Å². The van der Waals surface area contributed by atoms with E-state index < -0.39 is 0 Å². The summed E-state index contributed by atoms with van der Waals surface area (Å²) in [6, 6.07) is 0. The molecule has 2 aliphatic rings. The molecular weight excluding hydrogens is 228 g/mol. The molecule has 1 N–H and O–H groups in total. The molecule has 5 heteroatoms. The van der Waals surface area contributed by atoms with E-state index in [0.717, 1.165) is 32.0 Å². The summed E-state index contributed by atoms with van der Waals surface area (Å²) in [4.78, 5) is 11.1. The van der Waals surface area contributed by atoms with Crippen LogP contribution in [0.1, 0.15) is 19.8 Å². The number of nitrogens with one attached hydrogen (secondary N) is 1. The zero-order valence-electron chi connectivity index (χ0n) is 10.9. The van der Waals surface area contributed by atoms with E-state index in [-0.39, 0.29) is 0 Å². The van der Waals surface area contributed by atoms with E-state index in [2.05, 4.69) is 20.2 Å². The van der Waals surface area contributed by atoms with Crippen molar-refractivity contribution in [1.29, 1.82) is 0 Å². The van der Waals surface area contributed by atoms with Gasteiger partial charge in [0.05, 0.1) is 19.0 Å². The fraction of sp³-hybridized carbons (Fsp3) is 0.692. The van der Waals surface area contributed by atoms with Gasteiger partial charge in [0.15, 0.2) is 5.82 Å². The largest absolute Gasteiger partial charge is 0.477 e. The molecule has 0 amide bonds. The fourth-order valence-electron chi connectivity index (χ4n) is 2.98.